The summed E-state index contributed by atoms with van der Waals surface area (Å²) in [4.78, 5) is 4.67. The van der Waals surface area contributed by atoms with E-state index in [1.165, 1.54) is 0 Å². The van der Waals surface area contributed by atoms with Crippen LogP contribution >= 0.6 is 11.6 Å². The molecule has 114 valence electrons. The molecule has 0 aliphatic rings. The number of ether oxygens (including phenoxy) is 1. The maximum absolute atomic E-state index is 6.14. The first-order chi connectivity index (χ1) is 10.7. The molecule has 0 saturated heterocycles. The van der Waals surface area contributed by atoms with Crippen molar-refractivity contribution in [3.8, 4) is 17.0 Å². The van der Waals surface area contributed by atoms with Gasteiger partial charge in [-0.3, -0.25) is 4.40 Å². The van der Waals surface area contributed by atoms with Gasteiger partial charge in [0.25, 0.3) is 0 Å². The van der Waals surface area contributed by atoms with Crippen molar-refractivity contribution in [2.75, 3.05) is 13.2 Å². The zero-order valence-corrected chi connectivity index (χ0v) is 13.2. The number of fused-ring (bicyclic) bond motifs is 1. The fourth-order valence-corrected chi connectivity index (χ4v) is 2.72. The van der Waals surface area contributed by atoms with Gasteiger partial charge in [0.15, 0.2) is 0 Å². The van der Waals surface area contributed by atoms with Gasteiger partial charge in [0.2, 0.25) is 0 Å². The number of nitrogens with two attached hydrogens (primary N) is 1. The molecule has 2 N–H and O–H groups in total. The summed E-state index contributed by atoms with van der Waals surface area (Å²) in [5, 5.41) is 0.677. The summed E-state index contributed by atoms with van der Waals surface area (Å²) >= 11 is 6.14. The molecule has 3 aromatic rings. The summed E-state index contributed by atoms with van der Waals surface area (Å²) in [6.45, 7) is 3.18. The Morgan fingerprint density at radius 3 is 2.64 bits per heavy atom. The van der Waals surface area contributed by atoms with E-state index < -0.39 is 0 Å². The second-order valence-corrected chi connectivity index (χ2v) is 5.42. The number of halogens is 1. The van der Waals surface area contributed by atoms with Crippen LogP contribution in [0.25, 0.3) is 16.9 Å². The maximum Gasteiger partial charge on any atom is 0.137 e. The molecule has 1 aromatic carbocycles. The molecule has 3 rings (SSSR count). The normalized spacial score (nSPS) is 11.0. The zero-order chi connectivity index (χ0) is 15.5. The van der Waals surface area contributed by atoms with Crippen LogP contribution < -0.4 is 10.5 Å². The van der Waals surface area contributed by atoms with Gasteiger partial charge in [0, 0.05) is 18.2 Å². The van der Waals surface area contributed by atoms with Gasteiger partial charge in [0.1, 0.15) is 11.4 Å². The molecule has 0 radical (unpaired) electrons. The van der Waals surface area contributed by atoms with Crippen molar-refractivity contribution in [3.63, 3.8) is 0 Å². The monoisotopic (exact) mass is 315 g/mol. The van der Waals surface area contributed by atoms with Crippen molar-refractivity contribution in [1.82, 2.24) is 9.38 Å². The van der Waals surface area contributed by atoms with Gasteiger partial charge >= 0.3 is 0 Å². The summed E-state index contributed by atoms with van der Waals surface area (Å²) in [7, 11) is 0. The molecule has 0 spiro atoms. The number of rotatable bonds is 5. The Labute approximate surface area is 134 Å². The van der Waals surface area contributed by atoms with Crippen molar-refractivity contribution >= 4 is 17.2 Å². The van der Waals surface area contributed by atoms with E-state index in [4.69, 9.17) is 22.1 Å². The van der Waals surface area contributed by atoms with E-state index in [9.17, 15) is 0 Å². The first kappa shape index (κ1) is 14.9. The van der Waals surface area contributed by atoms with E-state index in [-0.39, 0.29) is 0 Å². The van der Waals surface area contributed by atoms with Gasteiger partial charge in [-0.25, -0.2) is 4.98 Å². The van der Waals surface area contributed by atoms with Crippen LogP contribution in [-0.4, -0.2) is 22.5 Å². The van der Waals surface area contributed by atoms with Crippen molar-refractivity contribution in [2.45, 2.75) is 13.3 Å². The summed E-state index contributed by atoms with van der Waals surface area (Å²) in [6.07, 6.45) is 2.61. The Hall–Kier alpha value is -2.04. The molecule has 0 bridgehead atoms. The van der Waals surface area contributed by atoms with Crippen LogP contribution in [0, 0.1) is 0 Å². The van der Waals surface area contributed by atoms with Crippen molar-refractivity contribution in [3.05, 3.63) is 53.3 Å². The molecule has 0 aliphatic heterocycles. The predicted octanol–water partition coefficient (Wildman–Crippen LogP) is 3.55. The molecule has 4 nitrogen and oxygen atoms in total. The summed E-state index contributed by atoms with van der Waals surface area (Å²) in [5.74, 6) is 0.860. The highest BCUT2D eigenvalue weighted by molar-refractivity contribution is 6.30. The molecule has 0 amide bonds. The van der Waals surface area contributed by atoms with Crippen LogP contribution in [0.1, 0.15) is 12.6 Å². The van der Waals surface area contributed by atoms with Crippen molar-refractivity contribution in [1.29, 1.82) is 0 Å². The minimum Gasteiger partial charge on any atom is -0.494 e. The van der Waals surface area contributed by atoms with Gasteiger partial charge in [-0.15, -0.1) is 0 Å². The Morgan fingerprint density at radius 2 is 1.95 bits per heavy atom. The smallest absolute Gasteiger partial charge is 0.137 e. The fourth-order valence-electron chi connectivity index (χ4n) is 2.56. The van der Waals surface area contributed by atoms with Gasteiger partial charge < -0.3 is 10.5 Å². The molecule has 2 aromatic heterocycles. The van der Waals surface area contributed by atoms with Crippen LogP contribution in [0.4, 0.5) is 0 Å². The lowest BCUT2D eigenvalue weighted by atomic mass is 10.1. The van der Waals surface area contributed by atoms with Crippen LogP contribution in [0.2, 0.25) is 5.02 Å². The largest absolute Gasteiger partial charge is 0.494 e. The molecule has 5 heteroatoms. The maximum atomic E-state index is 6.14. The second-order valence-electron chi connectivity index (χ2n) is 4.98. The molecular weight excluding hydrogens is 298 g/mol. The minimum absolute atomic E-state index is 0.557. The van der Waals surface area contributed by atoms with Crippen LogP contribution in [0.15, 0.2) is 42.6 Å². The standard InChI is InChI=1S/C17H18ClN3O/c1-2-22-14-6-3-12(4-7-14)17-15(9-10-19)20-16-8-5-13(18)11-21(16)17/h3-8,11H,2,9-10,19H2,1H3. The van der Waals surface area contributed by atoms with Gasteiger partial charge in [-0.05, 0) is 49.9 Å². The first-order valence-corrected chi connectivity index (χ1v) is 7.70. The number of imidazole rings is 1. The third-order valence-corrected chi connectivity index (χ3v) is 3.70. The summed E-state index contributed by atoms with van der Waals surface area (Å²) in [6, 6.07) is 11.8. The van der Waals surface area contributed by atoms with Crippen LogP contribution in [-0.2, 0) is 6.42 Å². The lowest BCUT2D eigenvalue weighted by molar-refractivity contribution is 0.340. The SMILES string of the molecule is CCOc1ccc(-c2c(CCN)nc3ccc(Cl)cn23)cc1. The van der Waals surface area contributed by atoms with Gasteiger partial charge in [0.05, 0.1) is 23.0 Å². The van der Waals surface area contributed by atoms with Crippen molar-refractivity contribution < 1.29 is 4.74 Å². The van der Waals surface area contributed by atoms with E-state index in [0.29, 0.717) is 18.2 Å². The van der Waals surface area contributed by atoms with Gasteiger partial charge in [-0.2, -0.15) is 0 Å². The van der Waals surface area contributed by atoms with E-state index in [2.05, 4.69) is 4.98 Å². The molecule has 0 aliphatic carbocycles. The quantitative estimate of drug-likeness (QED) is 0.783. The highest BCUT2D eigenvalue weighted by Crippen LogP contribution is 2.28. The Kier molecular flexibility index (Phi) is 4.32. The molecule has 0 fully saturated rings. The first-order valence-electron chi connectivity index (χ1n) is 7.32. The lowest BCUT2D eigenvalue weighted by Crippen LogP contribution is -2.04. The second kappa shape index (κ2) is 6.38. The molecule has 22 heavy (non-hydrogen) atoms. The number of hydrogen-bond donors (Lipinski definition) is 1. The topological polar surface area (TPSA) is 52.5 Å². The van der Waals surface area contributed by atoms with Crippen LogP contribution in [0.3, 0.4) is 0 Å². The molecule has 0 atom stereocenters. The molecule has 2 heterocycles. The molecular formula is C17H18ClN3O. The van der Waals surface area contributed by atoms with E-state index in [1.54, 1.807) is 0 Å². The highest BCUT2D eigenvalue weighted by atomic mass is 35.5. The van der Waals surface area contributed by atoms with Crippen LogP contribution in [0.5, 0.6) is 5.75 Å². The zero-order valence-electron chi connectivity index (χ0n) is 12.4. The third-order valence-electron chi connectivity index (χ3n) is 3.47. The Morgan fingerprint density at radius 1 is 1.18 bits per heavy atom. The van der Waals surface area contributed by atoms with E-state index in [0.717, 1.165) is 34.8 Å². The van der Waals surface area contributed by atoms with E-state index in [1.807, 2.05) is 53.9 Å². The molecule has 0 unspecified atom stereocenters. The van der Waals surface area contributed by atoms with Gasteiger partial charge in [-0.1, -0.05) is 11.6 Å². The number of hydrogen-bond acceptors (Lipinski definition) is 3. The number of pyridine rings is 1. The minimum atomic E-state index is 0.557. The summed E-state index contributed by atoms with van der Waals surface area (Å²) in [5.41, 5.74) is 9.68. The average molecular weight is 316 g/mol. The predicted molar refractivity (Wildman–Crippen MR) is 89.6 cm³/mol. The lowest BCUT2D eigenvalue weighted by Gasteiger charge is -2.07. The fraction of sp³-hybridized carbons (Fsp3) is 0.235. The Bertz CT molecular complexity index is 780. The highest BCUT2D eigenvalue weighted by Gasteiger charge is 2.14. The number of benzene rings is 1. The van der Waals surface area contributed by atoms with E-state index >= 15 is 0 Å². The summed E-state index contributed by atoms with van der Waals surface area (Å²) < 4.78 is 7.52. The number of nitrogens with zero attached hydrogens (tertiary/aromatic N) is 2. The Balaban J connectivity index is 2.14. The average Bonchev–Trinajstić information content (AvgIpc) is 2.86. The van der Waals surface area contributed by atoms with Crippen molar-refractivity contribution in [2.24, 2.45) is 5.73 Å². The number of aromatic nitrogens is 2. The third kappa shape index (κ3) is 2.80. The molecule has 0 saturated carbocycles.